The number of ether oxygens (including phenoxy) is 1. The molecule has 5 heteroatoms. The van der Waals surface area contributed by atoms with Crippen LogP contribution in [0, 0.1) is 16.0 Å². The molecule has 0 aliphatic heterocycles. The van der Waals surface area contributed by atoms with Gasteiger partial charge in [0.15, 0.2) is 0 Å². The van der Waals surface area contributed by atoms with E-state index in [0.717, 1.165) is 12.0 Å². The van der Waals surface area contributed by atoms with Crippen molar-refractivity contribution in [2.45, 2.75) is 12.3 Å². The second kappa shape index (κ2) is 4.09. The molecule has 1 aromatic rings. The van der Waals surface area contributed by atoms with E-state index in [4.69, 9.17) is 10.5 Å². The largest absolute Gasteiger partial charge is 0.496 e. The van der Waals surface area contributed by atoms with E-state index >= 15 is 0 Å². The van der Waals surface area contributed by atoms with Crippen molar-refractivity contribution in [3.8, 4) is 5.75 Å². The molecular formula is C11H14N2O3. The molecule has 0 saturated heterocycles. The monoisotopic (exact) mass is 222 g/mol. The standard InChI is InChI=1S/C11H14N2O3/c1-16-11-5-8(13(14)15)2-3-9(11)10-4-7(10)6-12/h2-3,5,7,10H,4,6,12H2,1H3. The van der Waals surface area contributed by atoms with Crippen LogP contribution in [0.3, 0.4) is 0 Å². The van der Waals surface area contributed by atoms with Gasteiger partial charge in [0.1, 0.15) is 5.75 Å². The number of hydrogen-bond acceptors (Lipinski definition) is 4. The van der Waals surface area contributed by atoms with Crippen LogP contribution >= 0.6 is 0 Å². The lowest BCUT2D eigenvalue weighted by molar-refractivity contribution is -0.384. The maximum Gasteiger partial charge on any atom is 0.273 e. The van der Waals surface area contributed by atoms with E-state index in [-0.39, 0.29) is 5.69 Å². The highest BCUT2D eigenvalue weighted by Crippen LogP contribution is 2.50. The molecule has 0 radical (unpaired) electrons. The number of nitro groups is 1. The fourth-order valence-electron chi connectivity index (χ4n) is 2.01. The van der Waals surface area contributed by atoms with Gasteiger partial charge >= 0.3 is 0 Å². The Bertz CT molecular complexity index is 420. The lowest BCUT2D eigenvalue weighted by Gasteiger charge is -2.07. The van der Waals surface area contributed by atoms with E-state index < -0.39 is 4.92 Å². The van der Waals surface area contributed by atoms with E-state index in [2.05, 4.69) is 0 Å². The molecule has 2 N–H and O–H groups in total. The Morgan fingerprint density at radius 2 is 2.38 bits per heavy atom. The number of hydrogen-bond donors (Lipinski definition) is 1. The summed E-state index contributed by atoms with van der Waals surface area (Å²) in [4.78, 5) is 10.2. The van der Waals surface area contributed by atoms with E-state index in [1.54, 1.807) is 6.07 Å². The number of non-ortho nitro benzene ring substituents is 1. The average Bonchev–Trinajstić information content (AvgIpc) is 3.07. The Balaban J connectivity index is 2.29. The van der Waals surface area contributed by atoms with Gasteiger partial charge in [0.2, 0.25) is 0 Å². The molecule has 0 bridgehead atoms. The highest BCUT2D eigenvalue weighted by atomic mass is 16.6. The van der Waals surface area contributed by atoms with Crippen LogP contribution < -0.4 is 10.5 Å². The van der Waals surface area contributed by atoms with Gasteiger partial charge < -0.3 is 10.5 Å². The SMILES string of the molecule is COc1cc([N+](=O)[O-])ccc1C1CC1CN. The molecule has 0 amide bonds. The summed E-state index contributed by atoms with van der Waals surface area (Å²) in [7, 11) is 1.53. The molecule has 2 unspecified atom stereocenters. The van der Waals surface area contributed by atoms with E-state index in [9.17, 15) is 10.1 Å². The fourth-order valence-corrected chi connectivity index (χ4v) is 2.01. The molecule has 0 spiro atoms. The van der Waals surface area contributed by atoms with Crippen LogP contribution in [0.1, 0.15) is 17.9 Å². The fraction of sp³-hybridized carbons (Fsp3) is 0.455. The van der Waals surface area contributed by atoms with Gasteiger partial charge in [0, 0.05) is 6.07 Å². The van der Waals surface area contributed by atoms with Crippen molar-refractivity contribution in [2.24, 2.45) is 11.7 Å². The highest BCUT2D eigenvalue weighted by molar-refractivity contribution is 5.47. The van der Waals surface area contributed by atoms with Crippen LogP contribution in [0.2, 0.25) is 0 Å². The molecule has 86 valence electrons. The highest BCUT2D eigenvalue weighted by Gasteiger charge is 2.39. The Morgan fingerprint density at radius 3 is 2.88 bits per heavy atom. The molecule has 1 aliphatic carbocycles. The molecular weight excluding hydrogens is 208 g/mol. The van der Waals surface area contributed by atoms with Crippen LogP contribution in [0.5, 0.6) is 5.75 Å². The Hall–Kier alpha value is -1.62. The van der Waals surface area contributed by atoms with Crippen LogP contribution in [0.25, 0.3) is 0 Å². The molecule has 2 atom stereocenters. The first-order chi connectivity index (χ1) is 7.67. The number of nitrogens with two attached hydrogens (primary N) is 1. The molecule has 16 heavy (non-hydrogen) atoms. The van der Waals surface area contributed by atoms with E-state index in [0.29, 0.717) is 24.1 Å². The summed E-state index contributed by atoms with van der Waals surface area (Å²) in [5, 5.41) is 10.6. The molecule has 0 aromatic heterocycles. The smallest absolute Gasteiger partial charge is 0.273 e. The Labute approximate surface area is 93.4 Å². The minimum Gasteiger partial charge on any atom is -0.496 e. The van der Waals surface area contributed by atoms with Crippen LogP contribution in [-0.4, -0.2) is 18.6 Å². The lowest BCUT2D eigenvalue weighted by Crippen LogP contribution is -2.02. The van der Waals surface area contributed by atoms with Crippen molar-refractivity contribution in [1.82, 2.24) is 0 Å². The van der Waals surface area contributed by atoms with Crippen molar-refractivity contribution in [2.75, 3.05) is 13.7 Å². The molecule has 0 heterocycles. The number of nitro benzene ring substituents is 1. The zero-order chi connectivity index (χ0) is 11.7. The van der Waals surface area contributed by atoms with Gasteiger partial charge in [-0.2, -0.15) is 0 Å². The minimum absolute atomic E-state index is 0.0607. The maximum atomic E-state index is 10.6. The number of rotatable bonds is 4. The van der Waals surface area contributed by atoms with Crippen LogP contribution in [-0.2, 0) is 0 Å². The summed E-state index contributed by atoms with van der Waals surface area (Å²) in [5.41, 5.74) is 6.67. The first-order valence-electron chi connectivity index (χ1n) is 5.19. The van der Waals surface area contributed by atoms with Gasteiger partial charge in [-0.3, -0.25) is 10.1 Å². The lowest BCUT2D eigenvalue weighted by atomic mass is 10.1. The summed E-state index contributed by atoms with van der Waals surface area (Å²) < 4.78 is 5.19. The summed E-state index contributed by atoms with van der Waals surface area (Å²) in [6, 6.07) is 4.77. The van der Waals surface area contributed by atoms with Crippen molar-refractivity contribution >= 4 is 5.69 Å². The van der Waals surface area contributed by atoms with Gasteiger partial charge in [0.05, 0.1) is 18.1 Å². The van der Waals surface area contributed by atoms with Crippen LogP contribution in [0.15, 0.2) is 18.2 Å². The van der Waals surface area contributed by atoms with Crippen LogP contribution in [0.4, 0.5) is 5.69 Å². The molecule has 2 rings (SSSR count). The van der Waals surface area contributed by atoms with Gasteiger partial charge in [-0.25, -0.2) is 0 Å². The molecule has 1 aliphatic rings. The molecule has 1 fully saturated rings. The summed E-state index contributed by atoms with van der Waals surface area (Å²) in [6.07, 6.45) is 1.05. The van der Waals surface area contributed by atoms with E-state index in [1.165, 1.54) is 19.2 Å². The number of methoxy groups -OCH3 is 1. The Morgan fingerprint density at radius 1 is 1.62 bits per heavy atom. The second-order valence-electron chi connectivity index (χ2n) is 4.02. The third-order valence-corrected chi connectivity index (χ3v) is 3.05. The summed E-state index contributed by atoms with van der Waals surface area (Å²) >= 11 is 0. The van der Waals surface area contributed by atoms with E-state index in [1.807, 2.05) is 0 Å². The van der Waals surface area contributed by atoms with Gasteiger partial charge in [-0.15, -0.1) is 0 Å². The molecule has 5 nitrogen and oxygen atoms in total. The summed E-state index contributed by atoms with van der Waals surface area (Å²) in [5.74, 6) is 1.49. The number of nitrogens with zero attached hydrogens (tertiary/aromatic N) is 1. The van der Waals surface area contributed by atoms with Gasteiger partial charge in [-0.1, -0.05) is 0 Å². The molecule has 1 saturated carbocycles. The quantitative estimate of drug-likeness (QED) is 0.620. The predicted molar refractivity (Wildman–Crippen MR) is 59.6 cm³/mol. The minimum atomic E-state index is -0.417. The van der Waals surface area contributed by atoms with Crippen molar-refractivity contribution in [3.63, 3.8) is 0 Å². The van der Waals surface area contributed by atoms with Crippen molar-refractivity contribution in [3.05, 3.63) is 33.9 Å². The number of benzene rings is 1. The van der Waals surface area contributed by atoms with Gasteiger partial charge in [-0.05, 0) is 36.4 Å². The summed E-state index contributed by atoms with van der Waals surface area (Å²) in [6.45, 7) is 0.658. The Kier molecular flexibility index (Phi) is 2.78. The van der Waals surface area contributed by atoms with Crippen molar-refractivity contribution < 1.29 is 9.66 Å². The zero-order valence-corrected chi connectivity index (χ0v) is 9.05. The predicted octanol–water partition coefficient (Wildman–Crippen LogP) is 1.67. The topological polar surface area (TPSA) is 78.4 Å². The first kappa shape index (κ1) is 10.9. The normalized spacial score (nSPS) is 22.9. The molecule has 1 aromatic carbocycles. The zero-order valence-electron chi connectivity index (χ0n) is 9.05. The third-order valence-electron chi connectivity index (χ3n) is 3.05. The maximum absolute atomic E-state index is 10.6. The average molecular weight is 222 g/mol. The first-order valence-corrected chi connectivity index (χ1v) is 5.19. The van der Waals surface area contributed by atoms with Gasteiger partial charge in [0.25, 0.3) is 5.69 Å². The van der Waals surface area contributed by atoms with Crippen molar-refractivity contribution in [1.29, 1.82) is 0 Å². The third kappa shape index (κ3) is 1.86. The second-order valence-corrected chi connectivity index (χ2v) is 4.02.